The number of para-hydroxylation sites is 1. The topological polar surface area (TPSA) is 52.7 Å². The second kappa shape index (κ2) is 8.83. The molecule has 2 amide bonds. The molecule has 5 nitrogen and oxygen atoms in total. The van der Waals surface area contributed by atoms with Crippen LogP contribution in [0, 0.1) is 0 Å². The molecule has 1 saturated heterocycles. The Balaban J connectivity index is 1.54. The number of carbonyl (C=O) groups excluding carboxylic acids is 2. The number of nitrogens with zero attached hydrogens (tertiary/aromatic N) is 2. The number of halogens is 1. The highest BCUT2D eigenvalue weighted by atomic mass is 35.5. The molecule has 2 aromatic rings. The number of benzene rings is 2. The molecule has 1 N–H and O–H groups in total. The Labute approximate surface area is 158 Å². The molecule has 1 fully saturated rings. The monoisotopic (exact) mass is 371 g/mol. The number of rotatable bonds is 4. The molecule has 3 rings (SSSR count). The zero-order chi connectivity index (χ0) is 18.4. The number of carbonyl (C=O) groups is 2. The van der Waals surface area contributed by atoms with Gasteiger partial charge in [-0.15, -0.1) is 0 Å². The van der Waals surface area contributed by atoms with Crippen molar-refractivity contribution in [2.45, 2.75) is 6.42 Å². The largest absolute Gasteiger partial charge is 0.337 e. The first-order chi connectivity index (χ1) is 12.6. The van der Waals surface area contributed by atoms with Crippen LogP contribution < -0.4 is 5.32 Å². The van der Waals surface area contributed by atoms with Gasteiger partial charge in [-0.2, -0.15) is 0 Å². The van der Waals surface area contributed by atoms with Gasteiger partial charge in [0.25, 0.3) is 5.91 Å². The minimum absolute atomic E-state index is 0.0397. The highest BCUT2D eigenvalue weighted by Gasteiger charge is 2.22. The molecule has 1 aliphatic heterocycles. The van der Waals surface area contributed by atoms with E-state index in [1.807, 2.05) is 47.4 Å². The standard InChI is InChI=1S/C20H22ClN3O2/c21-18-10-5-4-9-17(18)20(26)24-12-6-11-23(13-14-24)15-19(25)22-16-7-2-1-3-8-16/h1-5,7-10H,6,11-15H2,(H,22,25). The second-order valence-electron chi connectivity index (χ2n) is 6.32. The molecule has 0 unspecified atom stereocenters. The first-order valence-corrected chi connectivity index (χ1v) is 9.12. The lowest BCUT2D eigenvalue weighted by molar-refractivity contribution is -0.117. The van der Waals surface area contributed by atoms with Gasteiger partial charge in [-0.3, -0.25) is 14.5 Å². The van der Waals surface area contributed by atoms with Crippen molar-refractivity contribution in [3.63, 3.8) is 0 Å². The van der Waals surface area contributed by atoms with Crippen molar-refractivity contribution in [1.82, 2.24) is 9.80 Å². The van der Waals surface area contributed by atoms with E-state index in [-0.39, 0.29) is 11.8 Å². The lowest BCUT2D eigenvalue weighted by atomic mass is 10.2. The zero-order valence-electron chi connectivity index (χ0n) is 14.5. The van der Waals surface area contributed by atoms with Crippen LogP contribution in [0.2, 0.25) is 5.02 Å². The molecule has 1 heterocycles. The summed E-state index contributed by atoms with van der Waals surface area (Å²) in [4.78, 5) is 28.8. The SMILES string of the molecule is O=C(CN1CCCN(C(=O)c2ccccc2Cl)CC1)Nc1ccccc1. The van der Waals surface area contributed by atoms with Crippen LogP contribution in [0.15, 0.2) is 54.6 Å². The van der Waals surface area contributed by atoms with Crippen molar-refractivity contribution in [1.29, 1.82) is 0 Å². The first-order valence-electron chi connectivity index (χ1n) is 8.74. The van der Waals surface area contributed by atoms with Gasteiger partial charge in [0.2, 0.25) is 5.91 Å². The fourth-order valence-electron chi connectivity index (χ4n) is 3.06. The Hall–Kier alpha value is -2.37. The Morgan fingerprint density at radius 2 is 1.65 bits per heavy atom. The number of anilines is 1. The highest BCUT2D eigenvalue weighted by Crippen LogP contribution is 2.18. The van der Waals surface area contributed by atoms with Crippen LogP contribution >= 0.6 is 11.6 Å². The second-order valence-corrected chi connectivity index (χ2v) is 6.72. The van der Waals surface area contributed by atoms with Crippen molar-refractivity contribution < 1.29 is 9.59 Å². The number of hydrogen-bond donors (Lipinski definition) is 1. The maximum atomic E-state index is 12.7. The van der Waals surface area contributed by atoms with E-state index in [4.69, 9.17) is 11.6 Å². The van der Waals surface area contributed by atoms with E-state index < -0.39 is 0 Å². The molecule has 0 atom stereocenters. The summed E-state index contributed by atoms with van der Waals surface area (Å²) in [6.07, 6.45) is 0.828. The smallest absolute Gasteiger partial charge is 0.255 e. The lowest BCUT2D eigenvalue weighted by Gasteiger charge is -2.22. The normalized spacial score (nSPS) is 15.3. The summed E-state index contributed by atoms with van der Waals surface area (Å²) in [5, 5.41) is 3.37. The number of nitrogens with one attached hydrogen (secondary N) is 1. The van der Waals surface area contributed by atoms with Crippen molar-refractivity contribution in [3.8, 4) is 0 Å². The highest BCUT2D eigenvalue weighted by molar-refractivity contribution is 6.33. The quantitative estimate of drug-likeness (QED) is 0.898. The van der Waals surface area contributed by atoms with Gasteiger partial charge in [0.05, 0.1) is 17.1 Å². The Bertz CT molecular complexity index is 767. The molecule has 1 aliphatic rings. The molecule has 136 valence electrons. The van der Waals surface area contributed by atoms with Crippen LogP contribution in [-0.4, -0.2) is 54.3 Å². The molecule has 0 radical (unpaired) electrons. The molecular formula is C20H22ClN3O2. The van der Waals surface area contributed by atoms with Crippen LogP contribution in [0.4, 0.5) is 5.69 Å². The van der Waals surface area contributed by atoms with E-state index in [1.165, 1.54) is 0 Å². The molecule has 6 heteroatoms. The fraction of sp³-hybridized carbons (Fsp3) is 0.300. The molecule has 0 aliphatic carbocycles. The molecule has 2 aromatic carbocycles. The molecule has 0 spiro atoms. The van der Waals surface area contributed by atoms with E-state index in [2.05, 4.69) is 10.2 Å². The molecule has 0 bridgehead atoms. The van der Waals surface area contributed by atoms with Crippen molar-refractivity contribution in [2.24, 2.45) is 0 Å². The van der Waals surface area contributed by atoms with Crippen LogP contribution in [0.1, 0.15) is 16.8 Å². The summed E-state index contributed by atoms with van der Waals surface area (Å²) in [5.74, 6) is -0.0896. The van der Waals surface area contributed by atoms with Gasteiger partial charge in [0.15, 0.2) is 0 Å². The van der Waals surface area contributed by atoms with Crippen LogP contribution in [-0.2, 0) is 4.79 Å². The molecule has 0 aromatic heterocycles. The van der Waals surface area contributed by atoms with E-state index in [0.29, 0.717) is 36.8 Å². The maximum absolute atomic E-state index is 12.7. The van der Waals surface area contributed by atoms with Gasteiger partial charge in [0.1, 0.15) is 0 Å². The van der Waals surface area contributed by atoms with E-state index >= 15 is 0 Å². The van der Waals surface area contributed by atoms with Crippen molar-refractivity contribution >= 4 is 29.1 Å². The summed E-state index contributed by atoms with van der Waals surface area (Å²) in [5.41, 5.74) is 1.33. The average molecular weight is 372 g/mol. The molecular weight excluding hydrogens is 350 g/mol. The minimum Gasteiger partial charge on any atom is -0.337 e. The molecule has 0 saturated carbocycles. The summed E-state index contributed by atoms with van der Waals surface area (Å²) < 4.78 is 0. The van der Waals surface area contributed by atoms with Gasteiger partial charge >= 0.3 is 0 Å². The predicted molar refractivity (Wildman–Crippen MR) is 103 cm³/mol. The van der Waals surface area contributed by atoms with Crippen LogP contribution in [0.5, 0.6) is 0 Å². The van der Waals surface area contributed by atoms with Crippen molar-refractivity contribution in [2.75, 3.05) is 38.0 Å². The fourth-order valence-corrected chi connectivity index (χ4v) is 3.28. The van der Waals surface area contributed by atoms with E-state index in [9.17, 15) is 9.59 Å². The van der Waals surface area contributed by atoms with Crippen LogP contribution in [0.3, 0.4) is 0 Å². The first kappa shape index (κ1) is 18.4. The summed E-state index contributed by atoms with van der Waals surface area (Å²) >= 11 is 6.14. The van der Waals surface area contributed by atoms with Gasteiger partial charge in [-0.1, -0.05) is 41.9 Å². The third-order valence-electron chi connectivity index (χ3n) is 4.40. The van der Waals surface area contributed by atoms with Gasteiger partial charge in [-0.25, -0.2) is 0 Å². The van der Waals surface area contributed by atoms with Gasteiger partial charge in [0, 0.05) is 31.9 Å². The summed E-state index contributed by atoms with van der Waals surface area (Å²) in [6, 6.07) is 16.5. The Morgan fingerprint density at radius 1 is 0.923 bits per heavy atom. The van der Waals surface area contributed by atoms with Gasteiger partial charge < -0.3 is 10.2 Å². The van der Waals surface area contributed by atoms with Crippen LogP contribution in [0.25, 0.3) is 0 Å². The maximum Gasteiger partial charge on any atom is 0.255 e. The minimum atomic E-state index is -0.0498. The number of hydrogen-bond acceptors (Lipinski definition) is 3. The Morgan fingerprint density at radius 3 is 2.42 bits per heavy atom. The average Bonchev–Trinajstić information content (AvgIpc) is 2.88. The predicted octanol–water partition coefficient (Wildman–Crippen LogP) is 3.13. The van der Waals surface area contributed by atoms with E-state index in [1.54, 1.807) is 12.1 Å². The summed E-state index contributed by atoms with van der Waals surface area (Å²) in [7, 11) is 0. The third kappa shape index (κ3) is 4.84. The van der Waals surface area contributed by atoms with Gasteiger partial charge in [-0.05, 0) is 30.7 Å². The zero-order valence-corrected chi connectivity index (χ0v) is 15.3. The van der Waals surface area contributed by atoms with E-state index in [0.717, 1.165) is 18.7 Å². The Kier molecular flexibility index (Phi) is 6.26. The van der Waals surface area contributed by atoms with Crippen molar-refractivity contribution in [3.05, 3.63) is 65.2 Å². The lowest BCUT2D eigenvalue weighted by Crippen LogP contribution is -2.38. The molecule has 26 heavy (non-hydrogen) atoms. The number of amides is 2. The summed E-state index contributed by atoms with van der Waals surface area (Å²) in [6.45, 7) is 3.03. The third-order valence-corrected chi connectivity index (χ3v) is 4.73.